The maximum Gasteiger partial charge on any atom is 0.307 e. The van der Waals surface area contributed by atoms with Crippen molar-refractivity contribution in [1.82, 2.24) is 4.57 Å². The predicted molar refractivity (Wildman–Crippen MR) is 70.3 cm³/mol. The molecular weight excluding hydrogens is 218 g/mol. The van der Waals surface area contributed by atoms with Crippen molar-refractivity contribution in [1.29, 1.82) is 0 Å². The van der Waals surface area contributed by atoms with Crippen molar-refractivity contribution in [2.24, 2.45) is 7.05 Å². The van der Waals surface area contributed by atoms with Gasteiger partial charge in [-0.25, -0.2) is 0 Å². The second-order valence-corrected chi connectivity index (χ2v) is 5.18. The molecular formula is C13H17NOS. The molecule has 0 unspecified atom stereocenters. The van der Waals surface area contributed by atoms with E-state index < -0.39 is 0 Å². The van der Waals surface area contributed by atoms with Gasteiger partial charge in [0.05, 0.1) is 10.2 Å². The van der Waals surface area contributed by atoms with Gasteiger partial charge in [-0.15, -0.1) is 0 Å². The van der Waals surface area contributed by atoms with E-state index in [1.54, 1.807) is 4.57 Å². The number of hydrogen-bond donors (Lipinski definition) is 0. The van der Waals surface area contributed by atoms with Crippen molar-refractivity contribution in [3.05, 3.63) is 33.4 Å². The molecule has 3 heteroatoms. The van der Waals surface area contributed by atoms with E-state index in [1.807, 2.05) is 7.05 Å². The van der Waals surface area contributed by atoms with Gasteiger partial charge in [-0.05, 0) is 30.5 Å². The minimum absolute atomic E-state index is 0.126. The summed E-state index contributed by atoms with van der Waals surface area (Å²) in [7, 11) is 1.83. The first kappa shape index (κ1) is 11.4. The average molecular weight is 235 g/mol. The molecule has 0 bridgehead atoms. The third-order valence-electron chi connectivity index (χ3n) is 2.93. The Labute approximate surface area is 99.5 Å². The number of aromatic nitrogens is 1. The minimum atomic E-state index is 0.126. The number of aryl methyl sites for hydroxylation is 2. The van der Waals surface area contributed by atoms with Crippen LogP contribution in [0.5, 0.6) is 0 Å². The van der Waals surface area contributed by atoms with Gasteiger partial charge in [0.2, 0.25) is 0 Å². The fraction of sp³-hybridized carbons (Fsp3) is 0.462. The molecule has 2 nitrogen and oxygen atoms in total. The van der Waals surface area contributed by atoms with Gasteiger partial charge < -0.3 is 4.57 Å². The normalized spacial score (nSPS) is 11.1. The highest BCUT2D eigenvalue weighted by Gasteiger charge is 2.04. The highest BCUT2D eigenvalue weighted by atomic mass is 32.1. The van der Waals surface area contributed by atoms with Crippen molar-refractivity contribution >= 4 is 21.6 Å². The quantitative estimate of drug-likeness (QED) is 0.745. The van der Waals surface area contributed by atoms with Crippen LogP contribution in [0.2, 0.25) is 0 Å². The molecule has 2 aromatic rings. The van der Waals surface area contributed by atoms with Gasteiger partial charge in [0.15, 0.2) is 0 Å². The summed E-state index contributed by atoms with van der Waals surface area (Å²) in [5.74, 6) is 0. The van der Waals surface area contributed by atoms with E-state index in [0.29, 0.717) is 0 Å². The number of fused-ring (bicyclic) bond motifs is 1. The van der Waals surface area contributed by atoms with E-state index in [-0.39, 0.29) is 4.87 Å². The summed E-state index contributed by atoms with van der Waals surface area (Å²) in [5.41, 5.74) is 2.40. The van der Waals surface area contributed by atoms with Crippen LogP contribution in [0, 0.1) is 0 Å². The smallest absolute Gasteiger partial charge is 0.302 e. The molecule has 0 amide bonds. The molecule has 0 spiro atoms. The first-order valence-electron chi connectivity index (χ1n) is 5.81. The van der Waals surface area contributed by atoms with Crippen LogP contribution in [0.4, 0.5) is 0 Å². The number of hydrogen-bond acceptors (Lipinski definition) is 2. The van der Waals surface area contributed by atoms with Crippen molar-refractivity contribution in [3.63, 3.8) is 0 Å². The SMILES string of the molecule is CCCCCc1ccc2c(c1)sc(=O)n2C. The Bertz CT molecular complexity index is 538. The number of nitrogens with zero attached hydrogens (tertiary/aromatic N) is 1. The summed E-state index contributed by atoms with van der Waals surface area (Å²) >= 11 is 1.34. The molecule has 0 aliphatic rings. The summed E-state index contributed by atoms with van der Waals surface area (Å²) in [4.78, 5) is 11.6. The van der Waals surface area contributed by atoms with Gasteiger partial charge in [0.1, 0.15) is 0 Å². The van der Waals surface area contributed by atoms with E-state index in [9.17, 15) is 4.79 Å². The average Bonchev–Trinajstić information content (AvgIpc) is 2.55. The summed E-state index contributed by atoms with van der Waals surface area (Å²) in [5, 5.41) is 0. The standard InChI is InChI=1S/C13H17NOS/c1-3-4-5-6-10-7-8-11-12(9-10)16-13(15)14(11)2/h7-9H,3-6H2,1-2H3. The maximum atomic E-state index is 11.5. The molecule has 0 aliphatic heterocycles. The molecule has 86 valence electrons. The molecule has 0 saturated heterocycles. The Morgan fingerprint density at radius 1 is 1.31 bits per heavy atom. The zero-order chi connectivity index (χ0) is 11.5. The monoisotopic (exact) mass is 235 g/mol. The maximum absolute atomic E-state index is 11.5. The van der Waals surface area contributed by atoms with Gasteiger partial charge in [0, 0.05) is 7.05 Å². The van der Waals surface area contributed by atoms with Gasteiger partial charge in [-0.1, -0.05) is 37.2 Å². The van der Waals surface area contributed by atoms with E-state index in [0.717, 1.165) is 16.6 Å². The summed E-state index contributed by atoms with van der Waals surface area (Å²) in [6.07, 6.45) is 4.90. The zero-order valence-electron chi connectivity index (χ0n) is 9.82. The van der Waals surface area contributed by atoms with E-state index in [1.165, 1.54) is 36.2 Å². The summed E-state index contributed by atoms with van der Waals surface area (Å²) in [6, 6.07) is 6.37. The molecule has 1 heterocycles. The summed E-state index contributed by atoms with van der Waals surface area (Å²) in [6.45, 7) is 2.21. The molecule has 0 N–H and O–H groups in total. The van der Waals surface area contributed by atoms with Crippen LogP contribution in [0.1, 0.15) is 31.7 Å². The van der Waals surface area contributed by atoms with Crippen LogP contribution in [-0.2, 0) is 13.5 Å². The van der Waals surface area contributed by atoms with E-state index in [2.05, 4.69) is 25.1 Å². The Hall–Kier alpha value is -1.09. The minimum Gasteiger partial charge on any atom is -0.302 e. The number of unbranched alkanes of at least 4 members (excludes halogenated alkanes) is 2. The van der Waals surface area contributed by atoms with Crippen LogP contribution in [0.15, 0.2) is 23.0 Å². The van der Waals surface area contributed by atoms with Crippen molar-refractivity contribution in [2.45, 2.75) is 32.6 Å². The second kappa shape index (κ2) is 4.83. The van der Waals surface area contributed by atoms with Gasteiger partial charge >= 0.3 is 4.87 Å². The Balaban J connectivity index is 2.27. The van der Waals surface area contributed by atoms with Crippen molar-refractivity contribution < 1.29 is 0 Å². The largest absolute Gasteiger partial charge is 0.307 e. The lowest BCUT2D eigenvalue weighted by atomic mass is 10.1. The van der Waals surface area contributed by atoms with Crippen LogP contribution < -0.4 is 4.87 Å². The lowest BCUT2D eigenvalue weighted by Crippen LogP contribution is -2.06. The van der Waals surface area contributed by atoms with Crippen LogP contribution in [-0.4, -0.2) is 4.57 Å². The number of rotatable bonds is 4. The van der Waals surface area contributed by atoms with Gasteiger partial charge in [0.25, 0.3) is 0 Å². The van der Waals surface area contributed by atoms with Crippen molar-refractivity contribution in [2.75, 3.05) is 0 Å². The predicted octanol–water partition coefficient (Wildman–Crippen LogP) is 3.33. The molecule has 1 aromatic heterocycles. The highest BCUT2D eigenvalue weighted by Crippen LogP contribution is 2.19. The highest BCUT2D eigenvalue weighted by molar-refractivity contribution is 7.16. The first-order chi connectivity index (χ1) is 7.72. The number of benzene rings is 1. The van der Waals surface area contributed by atoms with Gasteiger partial charge in [-0.3, -0.25) is 4.79 Å². The fourth-order valence-electron chi connectivity index (χ4n) is 1.91. The van der Waals surface area contributed by atoms with Gasteiger partial charge in [-0.2, -0.15) is 0 Å². The lowest BCUT2D eigenvalue weighted by molar-refractivity contribution is 0.718. The molecule has 0 aliphatic carbocycles. The topological polar surface area (TPSA) is 22.0 Å². The van der Waals surface area contributed by atoms with E-state index >= 15 is 0 Å². The molecule has 1 aromatic carbocycles. The molecule has 2 rings (SSSR count). The van der Waals surface area contributed by atoms with Crippen LogP contribution in [0.25, 0.3) is 10.2 Å². The van der Waals surface area contributed by atoms with E-state index in [4.69, 9.17) is 0 Å². The van der Waals surface area contributed by atoms with Crippen LogP contribution >= 0.6 is 11.3 Å². The lowest BCUT2D eigenvalue weighted by Gasteiger charge is -2.01. The third-order valence-corrected chi connectivity index (χ3v) is 3.92. The van der Waals surface area contributed by atoms with Crippen LogP contribution in [0.3, 0.4) is 0 Å². The Morgan fingerprint density at radius 2 is 2.12 bits per heavy atom. The fourth-order valence-corrected chi connectivity index (χ4v) is 2.86. The zero-order valence-corrected chi connectivity index (χ0v) is 10.6. The summed E-state index contributed by atoms with van der Waals surface area (Å²) < 4.78 is 2.83. The molecule has 16 heavy (non-hydrogen) atoms. The molecule has 0 fully saturated rings. The molecule has 0 radical (unpaired) electrons. The Morgan fingerprint density at radius 3 is 2.88 bits per heavy atom. The first-order valence-corrected chi connectivity index (χ1v) is 6.62. The molecule has 0 atom stereocenters. The van der Waals surface area contributed by atoms with Crippen molar-refractivity contribution in [3.8, 4) is 0 Å². The third kappa shape index (κ3) is 2.19. The molecule has 0 saturated carbocycles. The Kier molecular flexibility index (Phi) is 3.44. The second-order valence-electron chi connectivity index (χ2n) is 4.19. The number of thiazole rings is 1.